The zero-order valence-electron chi connectivity index (χ0n) is 10.5. The van der Waals surface area contributed by atoms with E-state index in [2.05, 4.69) is 17.6 Å². The largest absolute Gasteiger partial charge is 0.356 e. The number of carbonyl (C=O) groups excluding carboxylic acids is 1. The number of aryl methyl sites for hydroxylation is 1. The van der Waals surface area contributed by atoms with Crippen LogP contribution in [0.3, 0.4) is 0 Å². The van der Waals surface area contributed by atoms with Gasteiger partial charge in [0.25, 0.3) is 5.91 Å². The van der Waals surface area contributed by atoms with E-state index in [-0.39, 0.29) is 5.91 Å². The average Bonchev–Trinajstić information content (AvgIpc) is 2.41. The first-order chi connectivity index (χ1) is 8.69. The number of hydrogen-bond acceptors (Lipinski definition) is 2. The standard InChI is InChI=1S/C15H16N2O/c1-11-6-8-13(9-7-11)17-14-5-3-4-12(10-14)15(18)16-2/h3-10,17H,1-2H3,(H,16,18). The van der Waals surface area contributed by atoms with Crippen LogP contribution in [-0.4, -0.2) is 13.0 Å². The lowest BCUT2D eigenvalue weighted by Gasteiger charge is -2.08. The van der Waals surface area contributed by atoms with Crippen LogP contribution in [0.15, 0.2) is 48.5 Å². The zero-order valence-corrected chi connectivity index (χ0v) is 10.5. The van der Waals surface area contributed by atoms with Crippen LogP contribution in [0.1, 0.15) is 15.9 Å². The molecule has 3 heteroatoms. The highest BCUT2D eigenvalue weighted by Crippen LogP contribution is 2.18. The highest BCUT2D eigenvalue weighted by Gasteiger charge is 2.03. The summed E-state index contributed by atoms with van der Waals surface area (Å²) < 4.78 is 0. The third kappa shape index (κ3) is 2.88. The summed E-state index contributed by atoms with van der Waals surface area (Å²) in [5, 5.41) is 5.88. The molecular weight excluding hydrogens is 224 g/mol. The van der Waals surface area contributed by atoms with E-state index < -0.39 is 0 Å². The Balaban J connectivity index is 2.19. The zero-order chi connectivity index (χ0) is 13.0. The van der Waals surface area contributed by atoms with E-state index >= 15 is 0 Å². The Morgan fingerprint density at radius 1 is 1.00 bits per heavy atom. The number of anilines is 2. The molecule has 2 aromatic rings. The molecule has 0 atom stereocenters. The fraction of sp³-hybridized carbons (Fsp3) is 0.133. The molecule has 0 saturated heterocycles. The normalized spacial score (nSPS) is 9.89. The first-order valence-corrected chi connectivity index (χ1v) is 5.85. The quantitative estimate of drug-likeness (QED) is 0.865. The molecular formula is C15H16N2O. The van der Waals surface area contributed by atoms with Crippen molar-refractivity contribution in [2.75, 3.05) is 12.4 Å². The van der Waals surface area contributed by atoms with E-state index in [0.29, 0.717) is 5.56 Å². The highest BCUT2D eigenvalue weighted by molar-refractivity contribution is 5.95. The Morgan fingerprint density at radius 2 is 1.72 bits per heavy atom. The molecule has 18 heavy (non-hydrogen) atoms. The molecule has 0 unspecified atom stereocenters. The van der Waals surface area contributed by atoms with Gasteiger partial charge in [0.1, 0.15) is 0 Å². The summed E-state index contributed by atoms with van der Waals surface area (Å²) in [6, 6.07) is 15.5. The summed E-state index contributed by atoms with van der Waals surface area (Å²) >= 11 is 0. The van der Waals surface area contributed by atoms with Crippen LogP contribution < -0.4 is 10.6 Å². The minimum absolute atomic E-state index is 0.0810. The minimum Gasteiger partial charge on any atom is -0.356 e. The van der Waals surface area contributed by atoms with Gasteiger partial charge in [-0.15, -0.1) is 0 Å². The molecule has 0 aliphatic rings. The van der Waals surface area contributed by atoms with Gasteiger partial charge in [0.2, 0.25) is 0 Å². The summed E-state index contributed by atoms with van der Waals surface area (Å²) in [7, 11) is 1.63. The predicted octanol–water partition coefficient (Wildman–Crippen LogP) is 3.10. The SMILES string of the molecule is CNC(=O)c1cccc(Nc2ccc(C)cc2)c1. The second kappa shape index (κ2) is 5.36. The molecule has 0 spiro atoms. The molecule has 0 aromatic heterocycles. The van der Waals surface area contributed by atoms with Crippen molar-refractivity contribution < 1.29 is 4.79 Å². The van der Waals surface area contributed by atoms with Gasteiger partial charge >= 0.3 is 0 Å². The number of benzene rings is 2. The molecule has 3 nitrogen and oxygen atoms in total. The van der Waals surface area contributed by atoms with E-state index in [0.717, 1.165) is 11.4 Å². The van der Waals surface area contributed by atoms with Gasteiger partial charge in [-0.2, -0.15) is 0 Å². The smallest absolute Gasteiger partial charge is 0.251 e. The van der Waals surface area contributed by atoms with Gasteiger partial charge in [-0.1, -0.05) is 23.8 Å². The van der Waals surface area contributed by atoms with Crippen molar-refractivity contribution >= 4 is 17.3 Å². The Kier molecular flexibility index (Phi) is 3.63. The van der Waals surface area contributed by atoms with Crippen molar-refractivity contribution in [3.63, 3.8) is 0 Å². The topological polar surface area (TPSA) is 41.1 Å². The lowest BCUT2D eigenvalue weighted by Crippen LogP contribution is -2.17. The molecule has 0 aliphatic heterocycles. The van der Waals surface area contributed by atoms with Gasteiger partial charge < -0.3 is 10.6 Å². The fourth-order valence-electron chi connectivity index (χ4n) is 1.69. The first kappa shape index (κ1) is 12.2. The molecule has 0 saturated carbocycles. The lowest BCUT2D eigenvalue weighted by molar-refractivity contribution is 0.0963. The second-order valence-corrected chi connectivity index (χ2v) is 4.15. The van der Waals surface area contributed by atoms with Crippen molar-refractivity contribution in [3.8, 4) is 0 Å². The lowest BCUT2D eigenvalue weighted by atomic mass is 10.1. The van der Waals surface area contributed by atoms with Crippen LogP contribution >= 0.6 is 0 Å². The van der Waals surface area contributed by atoms with Crippen LogP contribution in [0.5, 0.6) is 0 Å². The van der Waals surface area contributed by atoms with Crippen LogP contribution in [-0.2, 0) is 0 Å². The van der Waals surface area contributed by atoms with Gasteiger partial charge in [0.15, 0.2) is 0 Å². The first-order valence-electron chi connectivity index (χ1n) is 5.85. The molecule has 1 amide bonds. The van der Waals surface area contributed by atoms with E-state index in [9.17, 15) is 4.79 Å². The second-order valence-electron chi connectivity index (χ2n) is 4.15. The van der Waals surface area contributed by atoms with Crippen molar-refractivity contribution in [1.29, 1.82) is 0 Å². The van der Waals surface area contributed by atoms with Gasteiger partial charge in [-0.3, -0.25) is 4.79 Å². The van der Waals surface area contributed by atoms with Crippen LogP contribution in [0.2, 0.25) is 0 Å². The molecule has 2 N–H and O–H groups in total. The molecule has 0 radical (unpaired) electrons. The van der Waals surface area contributed by atoms with Gasteiger partial charge in [0, 0.05) is 24.0 Å². The number of hydrogen-bond donors (Lipinski definition) is 2. The number of nitrogens with one attached hydrogen (secondary N) is 2. The molecule has 0 bridgehead atoms. The van der Waals surface area contributed by atoms with Gasteiger partial charge in [0.05, 0.1) is 0 Å². The van der Waals surface area contributed by atoms with Crippen molar-refractivity contribution in [3.05, 3.63) is 59.7 Å². The predicted molar refractivity (Wildman–Crippen MR) is 74.3 cm³/mol. The summed E-state index contributed by atoms with van der Waals surface area (Å²) in [5.74, 6) is -0.0810. The Bertz CT molecular complexity index is 547. The van der Waals surface area contributed by atoms with Gasteiger partial charge in [-0.05, 0) is 37.3 Å². The number of rotatable bonds is 3. The van der Waals surface area contributed by atoms with Crippen molar-refractivity contribution in [1.82, 2.24) is 5.32 Å². The number of carbonyl (C=O) groups is 1. The van der Waals surface area contributed by atoms with Crippen LogP contribution in [0.25, 0.3) is 0 Å². The molecule has 2 rings (SSSR count). The molecule has 2 aromatic carbocycles. The summed E-state index contributed by atoms with van der Waals surface area (Å²) in [4.78, 5) is 11.5. The van der Waals surface area contributed by atoms with E-state index in [4.69, 9.17) is 0 Å². The average molecular weight is 240 g/mol. The molecule has 0 aliphatic carbocycles. The maximum Gasteiger partial charge on any atom is 0.251 e. The Hall–Kier alpha value is -2.29. The van der Waals surface area contributed by atoms with Crippen LogP contribution in [0, 0.1) is 6.92 Å². The monoisotopic (exact) mass is 240 g/mol. The minimum atomic E-state index is -0.0810. The number of amides is 1. The van der Waals surface area contributed by atoms with E-state index in [1.54, 1.807) is 13.1 Å². The highest BCUT2D eigenvalue weighted by atomic mass is 16.1. The molecule has 0 heterocycles. The Morgan fingerprint density at radius 3 is 2.39 bits per heavy atom. The fourth-order valence-corrected chi connectivity index (χ4v) is 1.69. The van der Waals surface area contributed by atoms with Crippen LogP contribution in [0.4, 0.5) is 11.4 Å². The molecule has 92 valence electrons. The van der Waals surface area contributed by atoms with Crippen molar-refractivity contribution in [2.24, 2.45) is 0 Å². The maximum absolute atomic E-state index is 11.5. The maximum atomic E-state index is 11.5. The Labute approximate surface area is 107 Å². The van der Waals surface area contributed by atoms with E-state index in [1.165, 1.54) is 5.56 Å². The third-order valence-electron chi connectivity index (χ3n) is 2.69. The van der Waals surface area contributed by atoms with Crippen molar-refractivity contribution in [2.45, 2.75) is 6.92 Å². The summed E-state index contributed by atoms with van der Waals surface area (Å²) in [5.41, 5.74) is 3.78. The summed E-state index contributed by atoms with van der Waals surface area (Å²) in [6.45, 7) is 2.05. The molecule has 0 fully saturated rings. The third-order valence-corrected chi connectivity index (χ3v) is 2.69. The summed E-state index contributed by atoms with van der Waals surface area (Å²) in [6.07, 6.45) is 0. The van der Waals surface area contributed by atoms with E-state index in [1.807, 2.05) is 42.5 Å². The van der Waals surface area contributed by atoms with Gasteiger partial charge in [-0.25, -0.2) is 0 Å².